The molecule has 1 N–H and O–H groups in total. The van der Waals surface area contributed by atoms with Crippen molar-refractivity contribution in [1.29, 1.82) is 0 Å². The molecule has 0 radical (unpaired) electrons. The van der Waals surface area contributed by atoms with Crippen molar-refractivity contribution >= 4 is 21.6 Å². The second kappa shape index (κ2) is 9.61. The summed E-state index contributed by atoms with van der Waals surface area (Å²) in [5.74, 6) is 0.0281. The van der Waals surface area contributed by atoms with Crippen LogP contribution < -0.4 is 9.46 Å². The van der Waals surface area contributed by atoms with Gasteiger partial charge in [-0.05, 0) is 73.2 Å². The zero-order valence-corrected chi connectivity index (χ0v) is 18.0. The molecule has 6 nitrogen and oxygen atoms in total. The number of carbonyl (C=O) groups excluding carboxylic acids is 1. The van der Waals surface area contributed by atoms with Crippen LogP contribution >= 0.6 is 0 Å². The molecule has 0 aliphatic heterocycles. The Morgan fingerprint density at radius 3 is 2.16 bits per heavy atom. The molecule has 0 fully saturated rings. The van der Waals surface area contributed by atoms with Gasteiger partial charge >= 0.3 is 0 Å². The summed E-state index contributed by atoms with van der Waals surface area (Å²) in [4.78, 5) is 14.2. The fraction of sp³-hybridized carbons (Fsp3) is 0.174. The fourth-order valence-electron chi connectivity index (χ4n) is 2.93. The van der Waals surface area contributed by atoms with Gasteiger partial charge in [-0.25, -0.2) is 12.8 Å². The quantitative estimate of drug-likeness (QED) is 0.565. The standard InChI is InChI=1S/C23H23FN2O4S/c1-3-30-21-12-14-22(15-13-21)31(28,29)25-20-10-6-18(7-11-20)23(27)26(2)16-17-4-8-19(24)9-5-17/h4-15,25H,3,16H2,1-2H3. The third kappa shape index (κ3) is 5.82. The van der Waals surface area contributed by atoms with Gasteiger partial charge in [-0.2, -0.15) is 0 Å². The van der Waals surface area contributed by atoms with E-state index in [0.29, 0.717) is 30.2 Å². The first kappa shape index (κ1) is 22.3. The summed E-state index contributed by atoms with van der Waals surface area (Å²) >= 11 is 0. The van der Waals surface area contributed by atoms with Gasteiger partial charge < -0.3 is 9.64 Å². The lowest BCUT2D eigenvalue weighted by molar-refractivity contribution is 0.0785. The molecule has 0 aliphatic carbocycles. The summed E-state index contributed by atoms with van der Waals surface area (Å²) in [6, 6.07) is 18.2. The van der Waals surface area contributed by atoms with Crippen LogP contribution in [0.25, 0.3) is 0 Å². The van der Waals surface area contributed by atoms with Crippen molar-refractivity contribution in [2.45, 2.75) is 18.4 Å². The third-order valence-electron chi connectivity index (χ3n) is 4.51. The highest BCUT2D eigenvalue weighted by atomic mass is 32.2. The van der Waals surface area contributed by atoms with E-state index >= 15 is 0 Å². The van der Waals surface area contributed by atoms with Crippen LogP contribution in [0.15, 0.2) is 77.7 Å². The van der Waals surface area contributed by atoms with E-state index in [-0.39, 0.29) is 16.6 Å². The van der Waals surface area contributed by atoms with Crippen molar-refractivity contribution in [1.82, 2.24) is 4.90 Å². The van der Waals surface area contributed by atoms with E-state index in [0.717, 1.165) is 5.56 Å². The molecule has 162 valence electrons. The molecule has 0 aliphatic rings. The van der Waals surface area contributed by atoms with E-state index in [1.807, 2.05) is 6.92 Å². The number of benzene rings is 3. The maximum absolute atomic E-state index is 13.0. The molecule has 0 heterocycles. The van der Waals surface area contributed by atoms with E-state index in [2.05, 4.69) is 4.72 Å². The highest BCUT2D eigenvalue weighted by Gasteiger charge is 2.16. The first-order valence-electron chi connectivity index (χ1n) is 9.64. The van der Waals surface area contributed by atoms with Gasteiger partial charge in [0, 0.05) is 24.8 Å². The summed E-state index contributed by atoms with van der Waals surface area (Å²) in [5.41, 5.74) is 1.55. The highest BCUT2D eigenvalue weighted by Crippen LogP contribution is 2.20. The summed E-state index contributed by atoms with van der Waals surface area (Å²) in [6.45, 7) is 2.67. The molecule has 0 atom stereocenters. The molecule has 31 heavy (non-hydrogen) atoms. The minimum Gasteiger partial charge on any atom is -0.494 e. The summed E-state index contributed by atoms with van der Waals surface area (Å²) < 4.78 is 46.0. The number of halogens is 1. The number of ether oxygens (including phenoxy) is 1. The minimum atomic E-state index is -3.77. The Hall–Kier alpha value is -3.39. The van der Waals surface area contributed by atoms with Crippen LogP contribution in [0.4, 0.5) is 10.1 Å². The number of sulfonamides is 1. The van der Waals surface area contributed by atoms with Gasteiger partial charge in [0.25, 0.3) is 15.9 Å². The number of nitrogens with one attached hydrogen (secondary N) is 1. The van der Waals surface area contributed by atoms with Crippen molar-refractivity contribution in [3.05, 3.63) is 89.7 Å². The number of amides is 1. The lowest BCUT2D eigenvalue weighted by atomic mass is 10.1. The SMILES string of the molecule is CCOc1ccc(S(=O)(=O)Nc2ccc(C(=O)N(C)Cc3ccc(F)cc3)cc2)cc1. The molecule has 3 aromatic rings. The monoisotopic (exact) mass is 442 g/mol. The molecular formula is C23H23FN2O4S. The van der Waals surface area contributed by atoms with Crippen LogP contribution in [0.3, 0.4) is 0 Å². The number of anilines is 1. The lowest BCUT2D eigenvalue weighted by Crippen LogP contribution is -2.26. The first-order valence-corrected chi connectivity index (χ1v) is 11.1. The van der Waals surface area contributed by atoms with Crippen LogP contribution in [-0.2, 0) is 16.6 Å². The second-order valence-electron chi connectivity index (χ2n) is 6.87. The van der Waals surface area contributed by atoms with Gasteiger partial charge in [0.2, 0.25) is 0 Å². The topological polar surface area (TPSA) is 75.7 Å². The number of carbonyl (C=O) groups is 1. The van der Waals surface area contributed by atoms with E-state index in [4.69, 9.17) is 4.74 Å². The molecule has 0 saturated heterocycles. The predicted molar refractivity (Wildman–Crippen MR) is 117 cm³/mol. The molecular weight excluding hydrogens is 419 g/mol. The minimum absolute atomic E-state index is 0.107. The summed E-state index contributed by atoms with van der Waals surface area (Å²) in [7, 11) is -2.12. The Morgan fingerprint density at radius 1 is 0.968 bits per heavy atom. The number of hydrogen-bond acceptors (Lipinski definition) is 4. The van der Waals surface area contributed by atoms with Gasteiger partial charge in [0.05, 0.1) is 11.5 Å². The van der Waals surface area contributed by atoms with Crippen LogP contribution in [-0.4, -0.2) is 32.9 Å². The average molecular weight is 443 g/mol. The molecule has 8 heteroatoms. The van der Waals surface area contributed by atoms with Crippen molar-refractivity contribution < 1.29 is 22.3 Å². The van der Waals surface area contributed by atoms with Crippen molar-refractivity contribution in [3.63, 3.8) is 0 Å². The third-order valence-corrected chi connectivity index (χ3v) is 5.91. The van der Waals surface area contributed by atoms with E-state index in [1.54, 1.807) is 43.4 Å². The molecule has 0 unspecified atom stereocenters. The van der Waals surface area contributed by atoms with Crippen LogP contribution in [0.1, 0.15) is 22.8 Å². The molecule has 0 aromatic heterocycles. The molecule has 0 bridgehead atoms. The highest BCUT2D eigenvalue weighted by molar-refractivity contribution is 7.92. The van der Waals surface area contributed by atoms with E-state index in [9.17, 15) is 17.6 Å². The van der Waals surface area contributed by atoms with Crippen molar-refractivity contribution in [2.24, 2.45) is 0 Å². The van der Waals surface area contributed by atoms with Gasteiger partial charge in [-0.15, -0.1) is 0 Å². The average Bonchev–Trinajstić information content (AvgIpc) is 2.76. The van der Waals surface area contributed by atoms with E-state index in [1.165, 1.54) is 41.3 Å². The van der Waals surface area contributed by atoms with Gasteiger partial charge in [-0.3, -0.25) is 9.52 Å². The number of hydrogen-bond donors (Lipinski definition) is 1. The van der Waals surface area contributed by atoms with E-state index < -0.39 is 10.0 Å². The van der Waals surface area contributed by atoms with Gasteiger partial charge in [-0.1, -0.05) is 12.1 Å². The Balaban J connectivity index is 1.66. The zero-order chi connectivity index (χ0) is 22.4. The largest absolute Gasteiger partial charge is 0.494 e. The maximum Gasteiger partial charge on any atom is 0.261 e. The Morgan fingerprint density at radius 2 is 1.58 bits per heavy atom. The molecule has 0 spiro atoms. The summed E-state index contributed by atoms with van der Waals surface area (Å²) in [5, 5.41) is 0. The Labute approximate surface area is 181 Å². The van der Waals surface area contributed by atoms with Crippen molar-refractivity contribution in [3.8, 4) is 5.75 Å². The maximum atomic E-state index is 13.0. The molecule has 3 rings (SSSR count). The molecule has 1 amide bonds. The number of nitrogens with zero attached hydrogens (tertiary/aromatic N) is 1. The van der Waals surface area contributed by atoms with Crippen LogP contribution in [0.2, 0.25) is 0 Å². The van der Waals surface area contributed by atoms with Crippen molar-refractivity contribution in [2.75, 3.05) is 18.4 Å². The number of rotatable bonds is 8. The molecule has 3 aromatic carbocycles. The van der Waals surface area contributed by atoms with Gasteiger partial charge in [0.1, 0.15) is 11.6 Å². The van der Waals surface area contributed by atoms with Gasteiger partial charge in [0.15, 0.2) is 0 Å². The Kier molecular flexibility index (Phi) is 6.91. The summed E-state index contributed by atoms with van der Waals surface area (Å²) in [6.07, 6.45) is 0. The smallest absolute Gasteiger partial charge is 0.261 e. The van der Waals surface area contributed by atoms with Crippen LogP contribution in [0, 0.1) is 5.82 Å². The zero-order valence-electron chi connectivity index (χ0n) is 17.2. The Bertz CT molecular complexity index is 1130. The lowest BCUT2D eigenvalue weighted by Gasteiger charge is -2.17. The second-order valence-corrected chi connectivity index (χ2v) is 8.56. The van der Waals surface area contributed by atoms with Crippen LogP contribution in [0.5, 0.6) is 5.75 Å². The normalized spacial score (nSPS) is 11.1. The first-order chi connectivity index (χ1) is 14.8. The predicted octanol–water partition coefficient (Wildman–Crippen LogP) is 4.30. The fourth-order valence-corrected chi connectivity index (χ4v) is 3.99. The molecule has 0 saturated carbocycles.